The minimum absolute atomic E-state index is 0.220. The lowest BCUT2D eigenvalue weighted by Gasteiger charge is -2.23. The topological polar surface area (TPSA) is 64.6 Å². The van der Waals surface area contributed by atoms with Crippen LogP contribution in [0.3, 0.4) is 0 Å². The average molecular weight is 359 g/mol. The van der Waals surface area contributed by atoms with Gasteiger partial charge in [0.25, 0.3) is 5.91 Å². The van der Waals surface area contributed by atoms with Crippen molar-refractivity contribution in [2.75, 3.05) is 12.4 Å². The van der Waals surface area contributed by atoms with Gasteiger partial charge in [0.05, 0.1) is 18.2 Å². The van der Waals surface area contributed by atoms with Crippen LogP contribution in [0.5, 0.6) is 5.75 Å². The van der Waals surface area contributed by atoms with Crippen molar-refractivity contribution in [2.24, 2.45) is 0 Å². The zero-order chi connectivity index (χ0) is 17.6. The highest BCUT2D eigenvalue weighted by Crippen LogP contribution is 2.25. The zero-order valence-corrected chi connectivity index (χ0v) is 14.9. The molecule has 1 aromatic carbocycles. The Labute approximate surface area is 151 Å². The average Bonchev–Trinajstić information content (AvgIpc) is 3.11. The highest BCUT2D eigenvalue weighted by atomic mass is 32.1. The van der Waals surface area contributed by atoms with E-state index in [4.69, 9.17) is 4.74 Å². The first-order valence-corrected chi connectivity index (χ1v) is 9.23. The number of hydrogen-bond donors (Lipinski definition) is 1. The standard InChI is InChI=1S/C19H21NO4S/c1-23-19(22)16-11-12-17(25-16)20-18(21)13-7-9-15(10-8-13)24-14-5-3-2-4-6-14/h7-12,14H,2-6H2,1H3,(H,20,21). The molecule has 1 heterocycles. The van der Waals surface area contributed by atoms with E-state index in [-0.39, 0.29) is 12.0 Å². The van der Waals surface area contributed by atoms with Crippen molar-refractivity contribution in [3.8, 4) is 5.75 Å². The number of carbonyl (C=O) groups is 2. The maximum Gasteiger partial charge on any atom is 0.348 e. The van der Waals surface area contributed by atoms with Crippen LogP contribution in [0.15, 0.2) is 36.4 Å². The molecule has 0 radical (unpaired) electrons. The van der Waals surface area contributed by atoms with E-state index >= 15 is 0 Å². The van der Waals surface area contributed by atoms with Crippen molar-refractivity contribution < 1.29 is 19.1 Å². The van der Waals surface area contributed by atoms with Crippen LogP contribution in [0.2, 0.25) is 0 Å². The van der Waals surface area contributed by atoms with Gasteiger partial charge in [-0.2, -0.15) is 0 Å². The predicted octanol–water partition coefficient (Wildman–Crippen LogP) is 4.50. The summed E-state index contributed by atoms with van der Waals surface area (Å²) in [4.78, 5) is 24.2. The highest BCUT2D eigenvalue weighted by molar-refractivity contribution is 7.18. The number of rotatable bonds is 5. The Kier molecular flexibility index (Phi) is 5.71. The van der Waals surface area contributed by atoms with Gasteiger partial charge in [-0.25, -0.2) is 4.79 Å². The second kappa shape index (κ2) is 8.16. The number of benzene rings is 1. The number of nitrogens with one attached hydrogen (secondary N) is 1. The smallest absolute Gasteiger partial charge is 0.348 e. The van der Waals surface area contributed by atoms with Gasteiger partial charge in [-0.1, -0.05) is 6.42 Å². The Bertz CT molecular complexity index is 732. The fourth-order valence-electron chi connectivity index (χ4n) is 2.86. The summed E-state index contributed by atoms with van der Waals surface area (Å²) < 4.78 is 10.6. The van der Waals surface area contributed by atoms with E-state index in [0.29, 0.717) is 15.4 Å². The number of ether oxygens (including phenoxy) is 2. The molecule has 1 saturated carbocycles. The molecule has 0 aliphatic heterocycles. The van der Waals surface area contributed by atoms with Crippen LogP contribution in [0.4, 0.5) is 5.00 Å². The summed E-state index contributed by atoms with van der Waals surface area (Å²) in [5, 5.41) is 3.39. The summed E-state index contributed by atoms with van der Waals surface area (Å²) in [6.07, 6.45) is 6.22. The maximum absolute atomic E-state index is 12.3. The lowest BCUT2D eigenvalue weighted by Crippen LogP contribution is -2.19. The van der Waals surface area contributed by atoms with Crippen molar-refractivity contribution >= 4 is 28.2 Å². The molecular weight excluding hydrogens is 338 g/mol. The first kappa shape index (κ1) is 17.5. The van der Waals surface area contributed by atoms with Crippen LogP contribution in [0.1, 0.15) is 52.1 Å². The van der Waals surface area contributed by atoms with E-state index in [0.717, 1.165) is 18.6 Å². The van der Waals surface area contributed by atoms with Gasteiger partial charge in [0.1, 0.15) is 10.6 Å². The van der Waals surface area contributed by atoms with E-state index in [2.05, 4.69) is 10.1 Å². The minimum Gasteiger partial charge on any atom is -0.490 e. The van der Waals surface area contributed by atoms with Gasteiger partial charge in [-0.3, -0.25) is 4.79 Å². The van der Waals surface area contributed by atoms with Gasteiger partial charge >= 0.3 is 5.97 Å². The Morgan fingerprint density at radius 1 is 1.04 bits per heavy atom. The molecule has 6 heteroatoms. The van der Waals surface area contributed by atoms with Gasteiger partial charge in [-0.15, -0.1) is 11.3 Å². The molecule has 132 valence electrons. The van der Waals surface area contributed by atoms with Gasteiger partial charge in [0.2, 0.25) is 0 Å². The van der Waals surface area contributed by atoms with Gasteiger partial charge in [0.15, 0.2) is 0 Å². The van der Waals surface area contributed by atoms with Crippen molar-refractivity contribution in [3.63, 3.8) is 0 Å². The number of thiophene rings is 1. The van der Waals surface area contributed by atoms with Gasteiger partial charge in [0, 0.05) is 5.56 Å². The van der Waals surface area contributed by atoms with Crippen LogP contribution < -0.4 is 10.1 Å². The summed E-state index contributed by atoms with van der Waals surface area (Å²) >= 11 is 1.18. The summed E-state index contributed by atoms with van der Waals surface area (Å²) in [6, 6.07) is 10.5. The van der Waals surface area contributed by atoms with E-state index in [1.54, 1.807) is 24.3 Å². The Morgan fingerprint density at radius 3 is 2.44 bits per heavy atom. The van der Waals surface area contributed by atoms with Crippen LogP contribution in [0.25, 0.3) is 0 Å². The molecule has 25 heavy (non-hydrogen) atoms. The monoisotopic (exact) mass is 359 g/mol. The number of methoxy groups -OCH3 is 1. The number of hydrogen-bond acceptors (Lipinski definition) is 5. The Balaban J connectivity index is 1.58. The van der Waals surface area contributed by atoms with Crippen molar-refractivity contribution in [2.45, 2.75) is 38.2 Å². The second-order valence-corrected chi connectivity index (χ2v) is 7.10. The molecule has 1 aliphatic rings. The molecule has 1 aromatic heterocycles. The zero-order valence-electron chi connectivity index (χ0n) is 14.1. The summed E-state index contributed by atoms with van der Waals surface area (Å²) in [7, 11) is 1.33. The van der Waals surface area contributed by atoms with Crippen LogP contribution in [-0.2, 0) is 4.74 Å². The minimum atomic E-state index is -0.408. The third-order valence-electron chi connectivity index (χ3n) is 4.20. The quantitative estimate of drug-likeness (QED) is 0.799. The normalized spacial score (nSPS) is 14.8. The first-order valence-electron chi connectivity index (χ1n) is 8.42. The number of anilines is 1. The van der Waals surface area contributed by atoms with E-state index in [1.807, 2.05) is 12.1 Å². The molecule has 1 N–H and O–H groups in total. The molecule has 0 bridgehead atoms. The van der Waals surface area contributed by atoms with Crippen molar-refractivity contribution in [3.05, 3.63) is 46.8 Å². The summed E-state index contributed by atoms with van der Waals surface area (Å²) in [5.41, 5.74) is 0.545. The van der Waals surface area contributed by atoms with Crippen molar-refractivity contribution in [1.29, 1.82) is 0 Å². The molecule has 1 fully saturated rings. The Hall–Kier alpha value is -2.34. The Morgan fingerprint density at radius 2 is 1.76 bits per heavy atom. The molecular formula is C19H21NO4S. The van der Waals surface area contributed by atoms with Crippen molar-refractivity contribution in [1.82, 2.24) is 0 Å². The van der Waals surface area contributed by atoms with Gasteiger partial charge in [-0.05, 0) is 62.1 Å². The SMILES string of the molecule is COC(=O)c1ccc(NC(=O)c2ccc(OC3CCCCC3)cc2)s1. The summed E-state index contributed by atoms with van der Waals surface area (Å²) in [5.74, 6) is 0.171. The van der Waals surface area contributed by atoms with E-state index in [9.17, 15) is 9.59 Å². The molecule has 0 spiro atoms. The first-order chi connectivity index (χ1) is 12.2. The maximum atomic E-state index is 12.3. The number of amides is 1. The molecule has 1 aliphatic carbocycles. The van der Waals surface area contributed by atoms with Crippen LogP contribution in [0, 0.1) is 0 Å². The number of esters is 1. The number of carbonyl (C=O) groups excluding carboxylic acids is 2. The molecule has 0 saturated heterocycles. The largest absolute Gasteiger partial charge is 0.490 e. The lowest BCUT2D eigenvalue weighted by atomic mass is 9.98. The highest BCUT2D eigenvalue weighted by Gasteiger charge is 2.15. The molecule has 3 rings (SSSR count). The van der Waals surface area contributed by atoms with Crippen LogP contribution >= 0.6 is 11.3 Å². The fourth-order valence-corrected chi connectivity index (χ4v) is 3.68. The molecule has 1 amide bonds. The summed E-state index contributed by atoms with van der Waals surface area (Å²) in [6.45, 7) is 0. The van der Waals surface area contributed by atoms with Crippen LogP contribution in [-0.4, -0.2) is 25.1 Å². The van der Waals surface area contributed by atoms with Gasteiger partial charge < -0.3 is 14.8 Å². The molecule has 5 nitrogen and oxygen atoms in total. The second-order valence-electron chi connectivity index (χ2n) is 6.01. The predicted molar refractivity (Wildman–Crippen MR) is 97.6 cm³/mol. The third-order valence-corrected chi connectivity index (χ3v) is 5.18. The lowest BCUT2D eigenvalue weighted by molar-refractivity contribution is 0.0606. The van der Waals surface area contributed by atoms with E-state index < -0.39 is 5.97 Å². The molecule has 0 atom stereocenters. The van der Waals surface area contributed by atoms with E-state index in [1.165, 1.54) is 37.7 Å². The fraction of sp³-hybridized carbons (Fsp3) is 0.368. The molecule has 0 unspecified atom stereocenters. The molecule has 2 aromatic rings. The third kappa shape index (κ3) is 4.60.